The first-order valence-electron chi connectivity index (χ1n) is 9.24. The molecule has 0 saturated carbocycles. The SMILES string of the molecule is Cc1nc(C)c(C(=O)C2=C(O)C(=O)N(CCN(C)C)C2c2ccccc2[N+](=O)[O-])s1. The van der Waals surface area contributed by atoms with Crippen molar-refractivity contribution in [2.45, 2.75) is 19.9 Å². The topological polar surface area (TPSA) is 117 Å². The Morgan fingerprint density at radius 2 is 2.00 bits per heavy atom. The molecule has 9 nitrogen and oxygen atoms in total. The number of aliphatic hydroxyl groups is 1. The molecule has 1 aromatic heterocycles. The van der Waals surface area contributed by atoms with Crippen LogP contribution < -0.4 is 0 Å². The van der Waals surface area contributed by atoms with Crippen LogP contribution in [0.1, 0.15) is 32.0 Å². The number of rotatable bonds is 7. The molecule has 1 aliphatic rings. The van der Waals surface area contributed by atoms with E-state index < -0.39 is 28.4 Å². The van der Waals surface area contributed by atoms with Gasteiger partial charge in [-0.3, -0.25) is 19.7 Å². The van der Waals surface area contributed by atoms with Crippen LogP contribution in [0.5, 0.6) is 0 Å². The largest absolute Gasteiger partial charge is 0.503 e. The molecule has 0 radical (unpaired) electrons. The summed E-state index contributed by atoms with van der Waals surface area (Å²) in [5.41, 5.74) is 0.298. The number of hydrogen-bond donors (Lipinski definition) is 1. The number of Topliss-reactive ketones (excluding diaryl/α,β-unsaturated/α-hetero) is 1. The Morgan fingerprint density at radius 1 is 1.33 bits per heavy atom. The first-order chi connectivity index (χ1) is 14.1. The highest BCUT2D eigenvalue weighted by Crippen LogP contribution is 2.42. The number of amides is 1. The molecule has 1 N–H and O–H groups in total. The van der Waals surface area contributed by atoms with Crippen molar-refractivity contribution in [3.8, 4) is 0 Å². The summed E-state index contributed by atoms with van der Waals surface area (Å²) in [4.78, 5) is 45.1. The zero-order chi connectivity index (χ0) is 22.2. The van der Waals surface area contributed by atoms with Crippen molar-refractivity contribution in [1.29, 1.82) is 0 Å². The molecular weight excluding hydrogens is 408 g/mol. The summed E-state index contributed by atoms with van der Waals surface area (Å²) in [6.45, 7) is 4.07. The number of para-hydroxylation sites is 1. The summed E-state index contributed by atoms with van der Waals surface area (Å²) in [7, 11) is 3.65. The number of benzene rings is 1. The third kappa shape index (κ3) is 3.83. The van der Waals surface area contributed by atoms with E-state index in [4.69, 9.17) is 0 Å². The van der Waals surface area contributed by atoms with Gasteiger partial charge in [0.05, 0.1) is 37.7 Å². The number of carbonyl (C=O) groups excluding carboxylic acids is 2. The van der Waals surface area contributed by atoms with Crippen molar-refractivity contribution < 1.29 is 19.6 Å². The van der Waals surface area contributed by atoms with E-state index in [-0.39, 0.29) is 23.4 Å². The van der Waals surface area contributed by atoms with Crippen molar-refractivity contribution in [2.75, 3.05) is 27.2 Å². The van der Waals surface area contributed by atoms with Crippen molar-refractivity contribution >= 4 is 28.7 Å². The smallest absolute Gasteiger partial charge is 0.290 e. The zero-order valence-corrected chi connectivity index (χ0v) is 17.9. The number of aromatic nitrogens is 1. The van der Waals surface area contributed by atoms with Crippen LogP contribution in [0.25, 0.3) is 0 Å². The molecule has 1 aromatic carbocycles. The molecule has 158 valence electrons. The number of thiazole rings is 1. The van der Waals surface area contributed by atoms with Crippen molar-refractivity contribution in [3.05, 3.63) is 66.9 Å². The van der Waals surface area contributed by atoms with Crippen LogP contribution in [0.2, 0.25) is 0 Å². The van der Waals surface area contributed by atoms with E-state index in [0.29, 0.717) is 22.1 Å². The summed E-state index contributed by atoms with van der Waals surface area (Å²) in [5, 5.41) is 23.0. The maximum atomic E-state index is 13.4. The normalized spacial score (nSPS) is 16.6. The quantitative estimate of drug-likeness (QED) is 0.408. The molecule has 1 aliphatic heterocycles. The van der Waals surface area contributed by atoms with Gasteiger partial charge in [-0.15, -0.1) is 11.3 Å². The lowest BCUT2D eigenvalue weighted by molar-refractivity contribution is -0.385. The fraction of sp³-hybridized carbons (Fsp3) is 0.350. The lowest BCUT2D eigenvalue weighted by Gasteiger charge is -2.27. The van der Waals surface area contributed by atoms with E-state index in [1.54, 1.807) is 19.9 Å². The highest BCUT2D eigenvalue weighted by atomic mass is 32.1. The molecule has 1 amide bonds. The number of aryl methyl sites for hydroxylation is 2. The Labute approximate surface area is 177 Å². The predicted octanol–water partition coefficient (Wildman–Crippen LogP) is 2.81. The molecule has 0 spiro atoms. The Hall–Kier alpha value is -3.11. The molecule has 2 aromatic rings. The predicted molar refractivity (Wildman–Crippen MR) is 112 cm³/mol. The second kappa shape index (κ2) is 8.33. The number of nitro groups is 1. The van der Waals surface area contributed by atoms with E-state index in [2.05, 4.69) is 4.98 Å². The number of ketones is 1. The second-order valence-corrected chi connectivity index (χ2v) is 8.46. The van der Waals surface area contributed by atoms with Crippen molar-refractivity contribution in [2.24, 2.45) is 0 Å². The van der Waals surface area contributed by atoms with Gasteiger partial charge >= 0.3 is 0 Å². The first kappa shape index (κ1) is 21.6. The number of hydrogen-bond acceptors (Lipinski definition) is 8. The van der Waals surface area contributed by atoms with E-state index in [0.717, 1.165) is 11.3 Å². The van der Waals surface area contributed by atoms with E-state index in [1.807, 2.05) is 19.0 Å². The average molecular weight is 430 g/mol. The van der Waals surface area contributed by atoms with E-state index in [9.17, 15) is 24.8 Å². The Kier molecular flexibility index (Phi) is 5.99. The van der Waals surface area contributed by atoms with Gasteiger partial charge in [-0.2, -0.15) is 0 Å². The van der Waals surface area contributed by atoms with Gasteiger partial charge in [0.2, 0.25) is 5.78 Å². The molecule has 1 atom stereocenters. The van der Waals surface area contributed by atoms with Gasteiger partial charge in [0, 0.05) is 19.2 Å². The van der Waals surface area contributed by atoms with Gasteiger partial charge in [-0.1, -0.05) is 12.1 Å². The molecule has 2 heterocycles. The zero-order valence-electron chi connectivity index (χ0n) is 17.1. The first-order valence-corrected chi connectivity index (χ1v) is 10.1. The van der Waals surface area contributed by atoms with Crippen molar-refractivity contribution in [1.82, 2.24) is 14.8 Å². The van der Waals surface area contributed by atoms with Crippen LogP contribution in [0.3, 0.4) is 0 Å². The molecule has 3 rings (SSSR count). The summed E-state index contributed by atoms with van der Waals surface area (Å²) >= 11 is 1.16. The highest BCUT2D eigenvalue weighted by molar-refractivity contribution is 7.14. The number of nitro benzene ring substituents is 1. The standard InChI is InChI=1S/C20H22N4O5S/c1-11-19(30-12(2)21-11)17(25)15-16(13-7-5-6-8-14(13)24(28)29)23(10-9-22(3)4)20(27)18(15)26/h5-8,16,26H,9-10H2,1-4H3. The van der Waals surface area contributed by atoms with Gasteiger partial charge in [-0.05, 0) is 34.0 Å². The minimum atomic E-state index is -1.06. The van der Waals surface area contributed by atoms with Gasteiger partial charge < -0.3 is 14.9 Å². The maximum absolute atomic E-state index is 13.4. The minimum Gasteiger partial charge on any atom is -0.503 e. The summed E-state index contributed by atoms with van der Waals surface area (Å²) in [6, 6.07) is 4.90. The van der Waals surface area contributed by atoms with Crippen LogP contribution in [0.15, 0.2) is 35.6 Å². The van der Waals surface area contributed by atoms with Gasteiger partial charge in [-0.25, -0.2) is 4.98 Å². The van der Waals surface area contributed by atoms with Crippen LogP contribution in [0, 0.1) is 24.0 Å². The number of likely N-dealkylation sites (N-methyl/N-ethyl adjacent to an activating group) is 1. The summed E-state index contributed by atoms with van der Waals surface area (Å²) in [5.74, 6) is -1.94. The van der Waals surface area contributed by atoms with E-state index in [1.165, 1.54) is 23.1 Å². The third-order valence-electron chi connectivity index (χ3n) is 4.87. The van der Waals surface area contributed by atoms with Crippen LogP contribution in [-0.4, -0.2) is 63.7 Å². The van der Waals surface area contributed by atoms with Gasteiger partial charge in [0.1, 0.15) is 0 Å². The summed E-state index contributed by atoms with van der Waals surface area (Å²) < 4.78 is 0. The Bertz CT molecular complexity index is 1060. The average Bonchev–Trinajstić information content (AvgIpc) is 3.15. The van der Waals surface area contributed by atoms with E-state index >= 15 is 0 Å². The van der Waals surface area contributed by atoms with Gasteiger partial charge in [0.15, 0.2) is 5.76 Å². The number of carbonyl (C=O) groups is 2. The molecule has 10 heteroatoms. The monoisotopic (exact) mass is 430 g/mol. The van der Waals surface area contributed by atoms with Crippen LogP contribution >= 0.6 is 11.3 Å². The Morgan fingerprint density at radius 3 is 2.57 bits per heavy atom. The van der Waals surface area contributed by atoms with Crippen LogP contribution in [-0.2, 0) is 4.79 Å². The third-order valence-corrected chi connectivity index (χ3v) is 5.95. The van der Waals surface area contributed by atoms with Crippen molar-refractivity contribution in [3.63, 3.8) is 0 Å². The summed E-state index contributed by atoms with van der Waals surface area (Å²) in [6.07, 6.45) is 0. The molecule has 0 fully saturated rings. The second-order valence-electron chi connectivity index (χ2n) is 7.26. The molecule has 30 heavy (non-hydrogen) atoms. The minimum absolute atomic E-state index is 0.153. The Balaban J connectivity index is 2.18. The van der Waals surface area contributed by atoms with Crippen LogP contribution in [0.4, 0.5) is 5.69 Å². The molecule has 0 aliphatic carbocycles. The molecule has 0 bridgehead atoms. The maximum Gasteiger partial charge on any atom is 0.290 e. The molecule has 1 unspecified atom stereocenters. The fourth-order valence-corrected chi connectivity index (χ4v) is 4.37. The highest BCUT2D eigenvalue weighted by Gasteiger charge is 2.46. The lowest BCUT2D eigenvalue weighted by Crippen LogP contribution is -2.36. The lowest BCUT2D eigenvalue weighted by atomic mass is 9.94. The molecular formula is C20H22N4O5S. The fourth-order valence-electron chi connectivity index (χ4n) is 3.50. The number of aliphatic hydroxyl groups excluding tert-OH is 1. The van der Waals surface area contributed by atoms with Gasteiger partial charge in [0.25, 0.3) is 11.6 Å². The molecule has 0 saturated heterocycles. The number of nitrogens with zero attached hydrogens (tertiary/aromatic N) is 4.